The third-order valence-corrected chi connectivity index (χ3v) is 3.31. The average molecular weight is 250 g/mol. The van der Waals surface area contributed by atoms with E-state index in [1.165, 1.54) is 0 Å². The summed E-state index contributed by atoms with van der Waals surface area (Å²) in [5.41, 5.74) is 1.79. The maximum Gasteiger partial charge on any atom is 0.255 e. The third kappa shape index (κ3) is 3.86. The fraction of sp³-hybridized carbons (Fsp3) is 0.538. The minimum atomic E-state index is 0.0488. The van der Waals surface area contributed by atoms with Gasteiger partial charge in [0, 0.05) is 18.5 Å². The highest BCUT2D eigenvalue weighted by Gasteiger charge is 2.18. The lowest BCUT2D eigenvalue weighted by molar-refractivity contribution is 0.0740. The largest absolute Gasteiger partial charge is 0.337 e. The van der Waals surface area contributed by atoms with E-state index in [9.17, 15) is 4.79 Å². The van der Waals surface area contributed by atoms with Crippen LogP contribution < -0.4 is 0 Å². The molecule has 0 unspecified atom stereocenters. The summed E-state index contributed by atoms with van der Waals surface area (Å²) in [6.45, 7) is 7.32. The zero-order valence-corrected chi connectivity index (χ0v) is 11.4. The number of rotatable bonds is 5. The van der Waals surface area contributed by atoms with E-state index in [-0.39, 0.29) is 5.91 Å². The summed E-state index contributed by atoms with van der Waals surface area (Å²) in [5.74, 6) is 0.462. The Morgan fingerprint density at radius 3 is 2.71 bits per heavy atom. The van der Waals surface area contributed by atoms with E-state index in [4.69, 9.17) is 5.26 Å². The summed E-state index contributed by atoms with van der Waals surface area (Å²) < 4.78 is 0. The third-order valence-electron chi connectivity index (χ3n) is 2.45. The molecule has 0 spiro atoms. The quantitative estimate of drug-likeness (QED) is 0.806. The molecule has 4 heteroatoms. The van der Waals surface area contributed by atoms with Crippen molar-refractivity contribution in [3.63, 3.8) is 0 Å². The SMILES string of the molecule is Cc1cscc1C(=O)N(CCC#N)CC(C)C. The van der Waals surface area contributed by atoms with Crippen molar-refractivity contribution in [1.29, 1.82) is 5.26 Å². The Morgan fingerprint density at radius 1 is 1.53 bits per heavy atom. The highest BCUT2D eigenvalue weighted by Crippen LogP contribution is 2.17. The number of thiophene rings is 1. The van der Waals surface area contributed by atoms with Crippen molar-refractivity contribution in [3.8, 4) is 6.07 Å². The lowest BCUT2D eigenvalue weighted by Gasteiger charge is -2.23. The molecule has 17 heavy (non-hydrogen) atoms. The average Bonchev–Trinajstić information content (AvgIpc) is 2.69. The summed E-state index contributed by atoms with van der Waals surface area (Å²) in [5, 5.41) is 12.5. The molecule has 3 nitrogen and oxygen atoms in total. The number of nitriles is 1. The van der Waals surface area contributed by atoms with E-state index in [1.807, 2.05) is 17.7 Å². The van der Waals surface area contributed by atoms with Gasteiger partial charge in [-0.3, -0.25) is 4.79 Å². The van der Waals surface area contributed by atoms with Gasteiger partial charge in [-0.05, 0) is 23.8 Å². The van der Waals surface area contributed by atoms with E-state index < -0.39 is 0 Å². The van der Waals surface area contributed by atoms with Gasteiger partial charge in [0.1, 0.15) is 0 Å². The number of nitrogens with zero attached hydrogens (tertiary/aromatic N) is 2. The van der Waals surface area contributed by atoms with Gasteiger partial charge in [0.05, 0.1) is 18.1 Å². The lowest BCUT2D eigenvalue weighted by Crippen LogP contribution is -2.35. The summed E-state index contributed by atoms with van der Waals surface area (Å²) in [4.78, 5) is 14.1. The molecule has 1 rings (SSSR count). The second kappa shape index (κ2) is 6.41. The standard InChI is InChI=1S/C13H18N2OS/c1-10(2)7-15(6-4-5-14)13(16)12-9-17-8-11(12)3/h8-10H,4,6-7H2,1-3H3. The van der Waals surface area contributed by atoms with E-state index in [0.717, 1.165) is 11.1 Å². The first-order valence-corrected chi connectivity index (χ1v) is 6.69. The molecular weight excluding hydrogens is 232 g/mol. The Kier molecular flexibility index (Phi) is 5.17. The van der Waals surface area contributed by atoms with Gasteiger partial charge in [0.15, 0.2) is 0 Å². The van der Waals surface area contributed by atoms with Crippen molar-refractivity contribution in [2.24, 2.45) is 5.92 Å². The normalized spacial score (nSPS) is 10.3. The fourth-order valence-corrected chi connectivity index (χ4v) is 2.47. The van der Waals surface area contributed by atoms with Crippen molar-refractivity contribution in [2.75, 3.05) is 13.1 Å². The topological polar surface area (TPSA) is 44.1 Å². The number of hydrogen-bond donors (Lipinski definition) is 0. The van der Waals surface area contributed by atoms with E-state index >= 15 is 0 Å². The second-order valence-corrected chi connectivity index (χ2v) is 5.27. The van der Waals surface area contributed by atoms with E-state index in [0.29, 0.717) is 25.4 Å². The van der Waals surface area contributed by atoms with Gasteiger partial charge in [0.2, 0.25) is 0 Å². The maximum absolute atomic E-state index is 12.3. The Hall–Kier alpha value is -1.34. The summed E-state index contributed by atoms with van der Waals surface area (Å²) in [7, 11) is 0. The van der Waals surface area contributed by atoms with Gasteiger partial charge < -0.3 is 4.90 Å². The van der Waals surface area contributed by atoms with Gasteiger partial charge in [-0.2, -0.15) is 16.6 Å². The first kappa shape index (κ1) is 13.7. The summed E-state index contributed by atoms with van der Waals surface area (Å²) in [6, 6.07) is 2.09. The molecule has 0 bridgehead atoms. The Labute approximate surface area is 107 Å². The zero-order valence-electron chi connectivity index (χ0n) is 10.6. The van der Waals surface area contributed by atoms with Crippen LogP contribution in [0.2, 0.25) is 0 Å². The van der Waals surface area contributed by atoms with Crippen molar-refractivity contribution in [1.82, 2.24) is 4.90 Å². The van der Waals surface area contributed by atoms with Gasteiger partial charge in [-0.15, -0.1) is 0 Å². The van der Waals surface area contributed by atoms with Crippen LogP contribution in [0.5, 0.6) is 0 Å². The highest BCUT2D eigenvalue weighted by atomic mass is 32.1. The monoisotopic (exact) mass is 250 g/mol. The van der Waals surface area contributed by atoms with E-state index in [1.54, 1.807) is 16.2 Å². The molecule has 0 aliphatic carbocycles. The molecule has 0 aromatic carbocycles. The van der Waals surface area contributed by atoms with E-state index in [2.05, 4.69) is 19.9 Å². The summed E-state index contributed by atoms with van der Waals surface area (Å²) in [6.07, 6.45) is 0.391. The molecule has 0 saturated carbocycles. The number of carbonyl (C=O) groups is 1. The van der Waals surface area contributed by atoms with Crippen LogP contribution in [0.4, 0.5) is 0 Å². The van der Waals surface area contributed by atoms with Crippen molar-refractivity contribution >= 4 is 17.2 Å². The maximum atomic E-state index is 12.3. The van der Waals surface area contributed by atoms with Gasteiger partial charge in [-0.25, -0.2) is 0 Å². The molecule has 92 valence electrons. The Bertz CT molecular complexity index is 417. The predicted octanol–water partition coefficient (Wildman–Crippen LogP) is 3.07. The molecule has 0 saturated heterocycles. The molecule has 1 amide bonds. The van der Waals surface area contributed by atoms with Crippen LogP contribution in [0, 0.1) is 24.2 Å². The molecule has 0 fully saturated rings. The number of hydrogen-bond acceptors (Lipinski definition) is 3. The minimum Gasteiger partial charge on any atom is -0.337 e. The molecular formula is C13H18N2OS. The Balaban J connectivity index is 2.79. The number of carbonyl (C=O) groups excluding carboxylic acids is 1. The second-order valence-electron chi connectivity index (χ2n) is 4.52. The van der Waals surface area contributed by atoms with Gasteiger partial charge in [0.25, 0.3) is 5.91 Å². The van der Waals surface area contributed by atoms with Crippen LogP contribution in [0.1, 0.15) is 36.2 Å². The molecule has 0 N–H and O–H groups in total. The first-order chi connectivity index (χ1) is 8.06. The van der Waals surface area contributed by atoms with Crippen molar-refractivity contribution in [2.45, 2.75) is 27.2 Å². The Morgan fingerprint density at radius 2 is 2.24 bits per heavy atom. The number of aryl methyl sites for hydroxylation is 1. The highest BCUT2D eigenvalue weighted by molar-refractivity contribution is 7.08. The number of amides is 1. The molecule has 0 aliphatic heterocycles. The molecule has 1 aromatic rings. The van der Waals surface area contributed by atoms with Crippen molar-refractivity contribution < 1.29 is 4.79 Å². The smallest absolute Gasteiger partial charge is 0.255 e. The first-order valence-electron chi connectivity index (χ1n) is 5.75. The summed E-state index contributed by atoms with van der Waals surface area (Å²) >= 11 is 1.54. The molecule has 0 atom stereocenters. The van der Waals surface area contributed by atoms with Crippen LogP contribution >= 0.6 is 11.3 Å². The fourth-order valence-electron chi connectivity index (χ4n) is 1.65. The van der Waals surface area contributed by atoms with Crippen molar-refractivity contribution in [3.05, 3.63) is 21.9 Å². The molecule has 0 aliphatic rings. The van der Waals surface area contributed by atoms with Crippen LogP contribution in [0.15, 0.2) is 10.8 Å². The zero-order chi connectivity index (χ0) is 12.8. The van der Waals surface area contributed by atoms with Gasteiger partial charge >= 0.3 is 0 Å². The van der Waals surface area contributed by atoms with Crippen LogP contribution in [-0.4, -0.2) is 23.9 Å². The van der Waals surface area contributed by atoms with Crippen LogP contribution in [0.25, 0.3) is 0 Å². The minimum absolute atomic E-state index is 0.0488. The lowest BCUT2D eigenvalue weighted by atomic mass is 10.1. The van der Waals surface area contributed by atoms with Gasteiger partial charge in [-0.1, -0.05) is 13.8 Å². The van der Waals surface area contributed by atoms with Crippen LogP contribution in [-0.2, 0) is 0 Å². The molecule has 1 heterocycles. The molecule has 1 aromatic heterocycles. The molecule has 0 radical (unpaired) electrons. The predicted molar refractivity (Wildman–Crippen MR) is 70.0 cm³/mol. The van der Waals surface area contributed by atoms with Crippen LogP contribution in [0.3, 0.4) is 0 Å².